The predicted octanol–water partition coefficient (Wildman–Crippen LogP) is 13.4. The van der Waals surface area contributed by atoms with Crippen molar-refractivity contribution in [1.82, 2.24) is 0 Å². The third kappa shape index (κ3) is 6.75. The lowest BCUT2D eigenvalue weighted by Crippen LogP contribution is -2.02. The minimum atomic E-state index is -1.65. The van der Waals surface area contributed by atoms with E-state index in [-0.39, 0.29) is 0 Å². The fourth-order valence-corrected chi connectivity index (χ4v) is 11.9. The van der Waals surface area contributed by atoms with Gasteiger partial charge in [-0.15, -0.1) is 0 Å². The van der Waals surface area contributed by atoms with E-state index in [2.05, 4.69) is 114 Å². The number of hydrogen-bond acceptors (Lipinski definition) is 3. The summed E-state index contributed by atoms with van der Waals surface area (Å²) in [5.74, 6) is 0. The lowest BCUT2D eigenvalue weighted by molar-refractivity contribution is 0.432. The fourth-order valence-electron chi connectivity index (χ4n) is 7.29. The Bertz CT molecular complexity index is 1700. The molecule has 1 aliphatic rings. The molecule has 1 fully saturated rings. The molecule has 0 spiro atoms. The van der Waals surface area contributed by atoms with Gasteiger partial charge in [-0.25, -0.2) is 0 Å². The molecule has 5 aromatic rings. The van der Waals surface area contributed by atoms with Crippen LogP contribution in [0, 0.1) is 27.7 Å². The van der Waals surface area contributed by atoms with Crippen molar-refractivity contribution >= 4 is 38.1 Å². The van der Waals surface area contributed by atoms with Crippen LogP contribution in [0.5, 0.6) is 0 Å². The van der Waals surface area contributed by atoms with Crippen LogP contribution in [0.4, 0.5) is 0 Å². The van der Waals surface area contributed by atoms with E-state index in [1.807, 2.05) is 0 Å². The fraction of sp³-hybridized carbons (Fsp3) is 0.415. The van der Waals surface area contributed by atoms with Crippen LogP contribution in [-0.2, 0) is 12.8 Å². The van der Waals surface area contributed by atoms with Crippen molar-refractivity contribution in [2.75, 3.05) is 6.35 Å². The molecule has 3 nitrogen and oxygen atoms in total. The van der Waals surface area contributed by atoms with E-state index in [0.717, 1.165) is 49.7 Å². The van der Waals surface area contributed by atoms with Crippen molar-refractivity contribution in [3.8, 4) is 0 Å². The Morgan fingerprint density at radius 2 is 1.09 bits per heavy atom. The van der Waals surface area contributed by atoms with Crippen molar-refractivity contribution in [2.45, 2.75) is 104 Å². The molecule has 0 aliphatic carbocycles. The number of benzene rings is 4. The Hall–Kier alpha value is -2.83. The molecule has 0 radical (unpaired) electrons. The third-order valence-electron chi connectivity index (χ3n) is 10.1. The van der Waals surface area contributed by atoms with Crippen LogP contribution in [0.15, 0.2) is 81.2 Å². The second-order valence-corrected chi connectivity index (χ2v) is 16.8. The Morgan fingerprint density at radius 3 is 1.50 bits per heavy atom. The average molecular weight is 653 g/mol. The highest BCUT2D eigenvalue weighted by molar-refractivity contribution is 7.59. The van der Waals surface area contributed by atoms with Crippen LogP contribution < -0.4 is 4.52 Å². The van der Waals surface area contributed by atoms with Gasteiger partial charge in [-0.3, -0.25) is 4.52 Å². The van der Waals surface area contributed by atoms with Gasteiger partial charge in [-0.1, -0.05) is 107 Å². The van der Waals surface area contributed by atoms with Gasteiger partial charge in [0.25, 0.3) is 0 Å². The van der Waals surface area contributed by atoms with E-state index in [1.165, 1.54) is 68.1 Å². The van der Waals surface area contributed by atoms with E-state index in [0.29, 0.717) is 17.7 Å². The molecule has 0 N–H and O–H groups in total. The number of aryl methyl sites for hydroxylation is 6. The Morgan fingerprint density at radius 1 is 0.652 bits per heavy atom. The van der Waals surface area contributed by atoms with Crippen LogP contribution in [-0.4, -0.2) is 6.35 Å². The zero-order valence-electron chi connectivity index (χ0n) is 28.6. The lowest BCUT2D eigenvalue weighted by atomic mass is 9.91. The molecule has 2 atom stereocenters. The summed E-state index contributed by atoms with van der Waals surface area (Å²) in [4.78, 5) is 0. The molecule has 242 valence electrons. The maximum absolute atomic E-state index is 7.03. The molecule has 1 aliphatic heterocycles. The second kappa shape index (κ2) is 14.9. The van der Waals surface area contributed by atoms with Gasteiger partial charge in [0.15, 0.2) is 0 Å². The minimum Gasteiger partial charge on any atom is -0.399 e. The second-order valence-electron chi connectivity index (χ2n) is 13.2. The lowest BCUT2D eigenvalue weighted by Gasteiger charge is -2.25. The van der Waals surface area contributed by atoms with Gasteiger partial charge in [0.05, 0.1) is 6.35 Å². The Labute approximate surface area is 278 Å². The molecule has 0 amide bonds. The van der Waals surface area contributed by atoms with E-state index in [9.17, 15) is 0 Å². The van der Waals surface area contributed by atoms with E-state index < -0.39 is 16.2 Å². The summed E-state index contributed by atoms with van der Waals surface area (Å²) >= 11 is 0. The minimum absolute atomic E-state index is 0.498. The first kappa shape index (κ1) is 33.1. The zero-order valence-corrected chi connectivity index (χ0v) is 30.4. The van der Waals surface area contributed by atoms with Gasteiger partial charge < -0.3 is 8.39 Å². The maximum Gasteiger partial charge on any atom is 0.387 e. The SMILES string of the molecule is CCCCc1cc(C)c(C)c2c1op(OCP1[C@@H](c3ccccc3)CC[C@@H]1c1ccccc1)oc1c(CCCC)cc(C)c(C)c12. The summed E-state index contributed by atoms with van der Waals surface area (Å²) in [6.45, 7) is 13.5. The molecule has 2 heterocycles. The van der Waals surface area contributed by atoms with E-state index in [1.54, 1.807) is 0 Å². The van der Waals surface area contributed by atoms with Crippen LogP contribution >= 0.6 is 16.2 Å². The van der Waals surface area contributed by atoms with Crippen LogP contribution in [0.2, 0.25) is 0 Å². The van der Waals surface area contributed by atoms with Gasteiger partial charge >= 0.3 is 8.24 Å². The standard InChI is InChI=1S/C41H50O3P2/c1-7-9-17-34-25-28(3)30(5)38-39-31(6)29(4)26-35(18-10-8-2)41(39)44-46(43-40(34)38)42-27-45-36(32-19-13-11-14-20-32)23-24-37(45)33-21-15-12-16-22-33/h11-16,19-22,25-26,36-37H,7-10,17-18,23-24,27H2,1-6H3/t36-,37-/m1/s1. The summed E-state index contributed by atoms with van der Waals surface area (Å²) in [5.41, 5.74) is 13.6. The zero-order chi connectivity index (χ0) is 32.2. The normalized spacial score (nSPS) is 16.9. The number of hydrogen-bond donors (Lipinski definition) is 0. The molecule has 5 heteroatoms. The highest BCUT2D eigenvalue weighted by Gasteiger charge is 2.38. The average Bonchev–Trinajstić information content (AvgIpc) is 3.42. The van der Waals surface area contributed by atoms with Gasteiger partial charge in [0.1, 0.15) is 11.2 Å². The predicted molar refractivity (Wildman–Crippen MR) is 198 cm³/mol. The van der Waals surface area contributed by atoms with Gasteiger partial charge in [-0.2, -0.15) is 0 Å². The van der Waals surface area contributed by atoms with Crippen molar-refractivity contribution in [3.63, 3.8) is 0 Å². The molecule has 1 saturated heterocycles. The molecule has 4 aromatic carbocycles. The summed E-state index contributed by atoms with van der Waals surface area (Å²) in [6, 6.07) is 26.9. The van der Waals surface area contributed by atoms with Crippen molar-refractivity contribution < 1.29 is 12.9 Å². The first-order chi connectivity index (χ1) is 22.4. The topological polar surface area (TPSA) is 35.5 Å². The molecule has 0 saturated carbocycles. The highest BCUT2D eigenvalue weighted by Crippen LogP contribution is 2.70. The third-order valence-corrected chi connectivity index (χ3v) is 14.5. The molecular weight excluding hydrogens is 602 g/mol. The summed E-state index contributed by atoms with van der Waals surface area (Å²) in [5, 5.41) is 2.43. The van der Waals surface area contributed by atoms with Gasteiger partial charge in [-0.05, 0) is 111 Å². The molecule has 0 bridgehead atoms. The first-order valence-corrected chi connectivity index (χ1v) is 20.1. The number of fused-ring (bicyclic) bond motifs is 3. The number of rotatable bonds is 11. The van der Waals surface area contributed by atoms with Crippen molar-refractivity contribution in [2.24, 2.45) is 0 Å². The van der Waals surface area contributed by atoms with Crippen LogP contribution in [0.3, 0.4) is 0 Å². The van der Waals surface area contributed by atoms with E-state index >= 15 is 0 Å². The van der Waals surface area contributed by atoms with Gasteiger partial charge in [0, 0.05) is 22.1 Å². The van der Waals surface area contributed by atoms with Crippen LogP contribution in [0.1, 0.15) is 108 Å². The summed E-state index contributed by atoms with van der Waals surface area (Å²) in [7, 11) is -2.17. The van der Waals surface area contributed by atoms with E-state index in [4.69, 9.17) is 12.9 Å². The first-order valence-electron chi connectivity index (χ1n) is 17.3. The molecule has 0 unspecified atom stereocenters. The Kier molecular flexibility index (Phi) is 10.7. The number of unbranched alkanes of at least 4 members (excludes halogenated alkanes) is 2. The quantitative estimate of drug-likeness (QED) is 0.133. The molecule has 46 heavy (non-hydrogen) atoms. The molecular formula is C41H50O3P2. The molecule has 6 rings (SSSR count). The monoisotopic (exact) mass is 652 g/mol. The van der Waals surface area contributed by atoms with Crippen molar-refractivity contribution in [3.05, 3.63) is 117 Å². The van der Waals surface area contributed by atoms with Gasteiger partial charge in [0.2, 0.25) is 0 Å². The highest BCUT2D eigenvalue weighted by atomic mass is 31.1. The Balaban J connectivity index is 1.53. The largest absolute Gasteiger partial charge is 0.399 e. The maximum atomic E-state index is 7.03. The summed E-state index contributed by atoms with van der Waals surface area (Å²) in [6.07, 6.45) is 9.55. The summed E-state index contributed by atoms with van der Waals surface area (Å²) < 4.78 is 21.0. The van der Waals surface area contributed by atoms with Crippen molar-refractivity contribution in [1.29, 1.82) is 0 Å². The van der Waals surface area contributed by atoms with Crippen LogP contribution in [0.25, 0.3) is 21.9 Å². The molecule has 1 aromatic heterocycles. The smallest absolute Gasteiger partial charge is 0.387 e.